The third-order valence-corrected chi connectivity index (χ3v) is 2.67. The van der Waals surface area contributed by atoms with E-state index in [2.05, 4.69) is 10.6 Å². The number of ether oxygens (including phenoxy) is 2. The van der Waals surface area contributed by atoms with Crippen molar-refractivity contribution in [3.8, 4) is 11.5 Å². The minimum atomic E-state index is -0.422. The molecule has 0 bridgehead atoms. The summed E-state index contributed by atoms with van der Waals surface area (Å²) >= 11 is 5.95. The molecule has 0 saturated heterocycles. The van der Waals surface area contributed by atoms with Gasteiger partial charge in [-0.2, -0.15) is 0 Å². The highest BCUT2D eigenvalue weighted by molar-refractivity contribution is 6.32. The predicted molar refractivity (Wildman–Crippen MR) is 75.2 cm³/mol. The minimum Gasteiger partial charge on any atom is -0.495 e. The Labute approximate surface area is 121 Å². The van der Waals surface area contributed by atoms with Crippen LogP contribution in [0.3, 0.4) is 0 Å². The second-order valence-corrected chi connectivity index (χ2v) is 4.12. The second-order valence-electron chi connectivity index (χ2n) is 3.72. The Morgan fingerprint density at radius 2 is 1.85 bits per heavy atom. The van der Waals surface area contributed by atoms with Gasteiger partial charge in [0.05, 0.1) is 38.0 Å². The molecule has 1 aromatic rings. The number of benzene rings is 1. The molecule has 8 heteroatoms. The van der Waals surface area contributed by atoms with Gasteiger partial charge in [0.15, 0.2) is 0 Å². The summed E-state index contributed by atoms with van der Waals surface area (Å²) in [5, 5.41) is 5.30. The first-order valence-electron chi connectivity index (χ1n) is 5.70. The van der Waals surface area contributed by atoms with Gasteiger partial charge in [0.25, 0.3) is 0 Å². The summed E-state index contributed by atoms with van der Waals surface area (Å²) in [7, 11) is 2.91. The van der Waals surface area contributed by atoms with Gasteiger partial charge in [-0.15, -0.1) is 0 Å². The van der Waals surface area contributed by atoms with Crippen LogP contribution in [0.25, 0.3) is 0 Å². The third-order valence-electron chi connectivity index (χ3n) is 2.38. The van der Waals surface area contributed by atoms with E-state index in [0.29, 0.717) is 22.2 Å². The Morgan fingerprint density at radius 1 is 1.20 bits per heavy atom. The molecule has 0 spiro atoms. The summed E-state index contributed by atoms with van der Waals surface area (Å²) in [4.78, 5) is 22.6. The van der Waals surface area contributed by atoms with Gasteiger partial charge in [0.2, 0.25) is 11.8 Å². The van der Waals surface area contributed by atoms with Crippen LogP contribution in [-0.2, 0) is 9.59 Å². The Bertz CT molecular complexity index is 508. The lowest BCUT2D eigenvalue weighted by Crippen LogP contribution is -2.36. The Kier molecular flexibility index (Phi) is 6.08. The van der Waals surface area contributed by atoms with E-state index in [-0.39, 0.29) is 13.1 Å². The number of methoxy groups -OCH3 is 2. The molecule has 2 amide bonds. The molecule has 0 unspecified atom stereocenters. The smallest absolute Gasteiger partial charge is 0.243 e. The van der Waals surface area contributed by atoms with Crippen LogP contribution in [0, 0.1) is 0 Å². The molecular weight excluding hydrogens is 286 g/mol. The molecular formula is C12H16ClN3O4. The highest BCUT2D eigenvalue weighted by Gasteiger charge is 2.12. The van der Waals surface area contributed by atoms with Gasteiger partial charge >= 0.3 is 0 Å². The highest BCUT2D eigenvalue weighted by atomic mass is 35.5. The van der Waals surface area contributed by atoms with Crippen molar-refractivity contribution in [1.82, 2.24) is 5.32 Å². The summed E-state index contributed by atoms with van der Waals surface area (Å²) in [6.07, 6.45) is 0. The lowest BCUT2D eigenvalue weighted by atomic mass is 10.2. The zero-order valence-corrected chi connectivity index (χ0v) is 11.9. The molecule has 0 saturated carbocycles. The largest absolute Gasteiger partial charge is 0.495 e. The summed E-state index contributed by atoms with van der Waals surface area (Å²) in [6, 6.07) is 3.05. The first-order chi connectivity index (χ1) is 9.51. The van der Waals surface area contributed by atoms with Crippen LogP contribution < -0.4 is 25.8 Å². The number of amides is 2. The van der Waals surface area contributed by atoms with Crippen molar-refractivity contribution in [2.45, 2.75) is 0 Å². The van der Waals surface area contributed by atoms with Crippen molar-refractivity contribution in [3.63, 3.8) is 0 Å². The number of carbonyl (C=O) groups excluding carboxylic acids is 2. The van der Waals surface area contributed by atoms with E-state index in [0.717, 1.165) is 0 Å². The summed E-state index contributed by atoms with van der Waals surface area (Å²) in [6.45, 7) is -0.366. The van der Waals surface area contributed by atoms with E-state index in [1.54, 1.807) is 0 Å². The first kappa shape index (κ1) is 16.1. The maximum absolute atomic E-state index is 11.7. The quantitative estimate of drug-likeness (QED) is 0.704. The fraction of sp³-hybridized carbons (Fsp3) is 0.333. The summed E-state index contributed by atoms with van der Waals surface area (Å²) < 4.78 is 10.2. The lowest BCUT2D eigenvalue weighted by molar-refractivity contribution is -0.123. The third kappa shape index (κ3) is 4.29. The van der Waals surface area contributed by atoms with E-state index < -0.39 is 11.8 Å². The topological polar surface area (TPSA) is 103 Å². The highest BCUT2D eigenvalue weighted by Crippen LogP contribution is 2.35. The summed E-state index contributed by atoms with van der Waals surface area (Å²) in [5.41, 5.74) is 5.51. The van der Waals surface area contributed by atoms with Crippen molar-refractivity contribution >= 4 is 29.1 Å². The monoisotopic (exact) mass is 301 g/mol. The van der Waals surface area contributed by atoms with Gasteiger partial charge in [0, 0.05) is 12.1 Å². The standard InChI is InChI=1S/C12H16ClN3O4/c1-19-9-4-8(10(20-2)3-7(9)13)16-12(18)6-15-11(17)5-14/h3-4H,5-6,14H2,1-2H3,(H,15,17)(H,16,18). The zero-order valence-electron chi connectivity index (χ0n) is 11.2. The Balaban J connectivity index is 2.80. The van der Waals surface area contributed by atoms with Gasteiger partial charge in [-0.25, -0.2) is 0 Å². The minimum absolute atomic E-state index is 0.175. The Hall–Kier alpha value is -1.99. The van der Waals surface area contributed by atoms with Crippen LogP contribution in [0.4, 0.5) is 5.69 Å². The number of nitrogens with two attached hydrogens (primary N) is 1. The molecule has 4 N–H and O–H groups in total. The normalized spacial score (nSPS) is 9.80. The number of hydrogen-bond donors (Lipinski definition) is 3. The number of carbonyl (C=O) groups is 2. The fourth-order valence-electron chi connectivity index (χ4n) is 1.40. The molecule has 1 aromatic carbocycles. The molecule has 1 rings (SSSR count). The van der Waals surface area contributed by atoms with Crippen molar-refractivity contribution in [1.29, 1.82) is 0 Å². The Morgan fingerprint density at radius 3 is 2.40 bits per heavy atom. The molecule has 0 aliphatic rings. The number of anilines is 1. The van der Waals surface area contributed by atoms with Crippen molar-refractivity contribution < 1.29 is 19.1 Å². The van der Waals surface area contributed by atoms with Crippen molar-refractivity contribution in [2.75, 3.05) is 32.6 Å². The number of nitrogens with one attached hydrogen (secondary N) is 2. The van der Waals surface area contributed by atoms with Gasteiger partial charge < -0.3 is 25.8 Å². The van der Waals surface area contributed by atoms with Crippen LogP contribution in [0.15, 0.2) is 12.1 Å². The van der Waals surface area contributed by atoms with E-state index in [9.17, 15) is 9.59 Å². The van der Waals surface area contributed by atoms with E-state index >= 15 is 0 Å². The zero-order chi connectivity index (χ0) is 15.1. The van der Waals surface area contributed by atoms with Gasteiger partial charge in [-0.05, 0) is 0 Å². The summed E-state index contributed by atoms with van der Waals surface area (Å²) in [5.74, 6) is -0.0571. The number of halogens is 1. The van der Waals surface area contributed by atoms with Crippen LogP contribution in [0.1, 0.15) is 0 Å². The van der Waals surface area contributed by atoms with Crippen molar-refractivity contribution in [3.05, 3.63) is 17.2 Å². The van der Waals surface area contributed by atoms with Crippen LogP contribution in [0.2, 0.25) is 5.02 Å². The number of rotatable bonds is 6. The maximum atomic E-state index is 11.7. The van der Waals surface area contributed by atoms with Gasteiger partial charge in [-0.1, -0.05) is 11.6 Å². The van der Waals surface area contributed by atoms with Gasteiger partial charge in [0.1, 0.15) is 11.5 Å². The molecule has 0 aromatic heterocycles. The van der Waals surface area contributed by atoms with Gasteiger partial charge in [-0.3, -0.25) is 9.59 Å². The molecule has 7 nitrogen and oxygen atoms in total. The van der Waals surface area contributed by atoms with E-state index in [1.165, 1.54) is 26.4 Å². The molecule has 0 radical (unpaired) electrons. The maximum Gasteiger partial charge on any atom is 0.243 e. The SMILES string of the molecule is COc1cc(NC(=O)CNC(=O)CN)c(OC)cc1Cl. The molecule has 0 aliphatic heterocycles. The molecule has 0 aliphatic carbocycles. The first-order valence-corrected chi connectivity index (χ1v) is 6.07. The molecule has 110 valence electrons. The predicted octanol–water partition coefficient (Wildman–Crippen LogP) is 0.371. The second kappa shape index (κ2) is 7.56. The lowest BCUT2D eigenvalue weighted by Gasteiger charge is -2.13. The van der Waals surface area contributed by atoms with Crippen LogP contribution >= 0.6 is 11.6 Å². The van der Waals surface area contributed by atoms with E-state index in [4.69, 9.17) is 26.8 Å². The van der Waals surface area contributed by atoms with Crippen LogP contribution in [0.5, 0.6) is 11.5 Å². The molecule has 20 heavy (non-hydrogen) atoms. The average Bonchev–Trinajstić information content (AvgIpc) is 2.45. The average molecular weight is 302 g/mol. The number of hydrogen-bond acceptors (Lipinski definition) is 5. The fourth-order valence-corrected chi connectivity index (χ4v) is 1.63. The molecule has 0 fully saturated rings. The molecule has 0 atom stereocenters. The molecule has 0 heterocycles. The van der Waals surface area contributed by atoms with Crippen molar-refractivity contribution in [2.24, 2.45) is 5.73 Å². The van der Waals surface area contributed by atoms with Crippen LogP contribution in [-0.4, -0.2) is 39.1 Å². The van der Waals surface area contributed by atoms with E-state index in [1.807, 2.05) is 0 Å².